The molecule has 0 aliphatic rings. The highest BCUT2D eigenvalue weighted by Gasteiger charge is 2.26. The molecule has 5 nitrogen and oxygen atoms in total. The Morgan fingerprint density at radius 3 is 2.42 bits per heavy atom. The summed E-state index contributed by atoms with van der Waals surface area (Å²) in [6, 6.07) is 1.44. The van der Waals surface area contributed by atoms with Gasteiger partial charge in [-0.3, -0.25) is 0 Å². The molecule has 19 heavy (non-hydrogen) atoms. The van der Waals surface area contributed by atoms with Crippen molar-refractivity contribution in [2.24, 2.45) is 0 Å². The highest BCUT2D eigenvalue weighted by Crippen LogP contribution is 2.40. The van der Waals surface area contributed by atoms with Crippen molar-refractivity contribution in [3.05, 3.63) is 22.2 Å². The summed E-state index contributed by atoms with van der Waals surface area (Å²) in [5, 5.41) is 10.3. The number of rotatable bonds is 5. The number of ether oxygens (including phenoxy) is 3. The number of carbonyl (C=O) groups is 1. The second-order valence-corrected chi connectivity index (χ2v) is 4.20. The summed E-state index contributed by atoms with van der Waals surface area (Å²) >= 11 is 6.05. The van der Waals surface area contributed by atoms with E-state index in [0.717, 1.165) is 0 Å². The van der Waals surface area contributed by atoms with E-state index in [1.165, 1.54) is 20.3 Å². The molecule has 0 saturated carbocycles. The lowest BCUT2D eigenvalue weighted by Crippen LogP contribution is -2.16. The fourth-order valence-electron chi connectivity index (χ4n) is 1.84. The standard InChI is InChI=1S/C13H17ClO5/c1-5-19-13(16)10(15)8-6-9(14)12(18-4)7(2)11(8)17-3/h6,10,15H,5H2,1-4H3. The largest absolute Gasteiger partial charge is 0.496 e. The summed E-state index contributed by atoms with van der Waals surface area (Å²) in [4.78, 5) is 11.6. The molecule has 1 N–H and O–H groups in total. The normalized spacial score (nSPS) is 11.9. The molecule has 0 aromatic heterocycles. The van der Waals surface area contributed by atoms with E-state index in [0.29, 0.717) is 22.1 Å². The molecule has 0 aliphatic carbocycles. The van der Waals surface area contributed by atoms with Crippen LogP contribution in [0.15, 0.2) is 6.07 Å². The molecular formula is C13H17ClO5. The number of hydrogen-bond acceptors (Lipinski definition) is 5. The number of carbonyl (C=O) groups excluding carboxylic acids is 1. The minimum Gasteiger partial charge on any atom is -0.496 e. The lowest BCUT2D eigenvalue weighted by molar-refractivity contribution is -0.153. The molecule has 1 rings (SSSR count). The lowest BCUT2D eigenvalue weighted by atomic mass is 10.0. The van der Waals surface area contributed by atoms with Crippen LogP contribution in [-0.2, 0) is 9.53 Å². The molecule has 0 amide bonds. The van der Waals surface area contributed by atoms with Gasteiger partial charge in [-0.05, 0) is 19.9 Å². The number of halogens is 1. The Morgan fingerprint density at radius 1 is 1.37 bits per heavy atom. The van der Waals surface area contributed by atoms with Gasteiger partial charge >= 0.3 is 5.97 Å². The van der Waals surface area contributed by atoms with Crippen molar-refractivity contribution in [3.8, 4) is 11.5 Å². The number of methoxy groups -OCH3 is 2. The van der Waals surface area contributed by atoms with Crippen LogP contribution in [0.1, 0.15) is 24.2 Å². The summed E-state index contributed by atoms with van der Waals surface area (Å²) in [6.07, 6.45) is -1.45. The molecule has 106 valence electrons. The molecule has 0 aliphatic heterocycles. The van der Waals surface area contributed by atoms with Crippen molar-refractivity contribution >= 4 is 17.6 Å². The fourth-order valence-corrected chi connectivity index (χ4v) is 2.18. The zero-order chi connectivity index (χ0) is 14.6. The Bertz CT molecular complexity index is 473. The molecular weight excluding hydrogens is 272 g/mol. The maximum atomic E-state index is 11.6. The monoisotopic (exact) mass is 288 g/mol. The van der Waals surface area contributed by atoms with Crippen LogP contribution in [-0.4, -0.2) is 31.9 Å². The van der Waals surface area contributed by atoms with Gasteiger partial charge in [0, 0.05) is 11.1 Å². The van der Waals surface area contributed by atoms with Crippen LogP contribution >= 0.6 is 11.6 Å². The van der Waals surface area contributed by atoms with Crippen LogP contribution in [0, 0.1) is 6.92 Å². The van der Waals surface area contributed by atoms with Gasteiger partial charge in [0.25, 0.3) is 0 Å². The zero-order valence-electron chi connectivity index (χ0n) is 11.3. The first-order chi connectivity index (χ1) is 8.97. The molecule has 1 unspecified atom stereocenters. The molecule has 0 saturated heterocycles. The van der Waals surface area contributed by atoms with E-state index >= 15 is 0 Å². The number of esters is 1. The SMILES string of the molecule is CCOC(=O)C(O)c1cc(Cl)c(OC)c(C)c1OC. The van der Waals surface area contributed by atoms with E-state index in [2.05, 4.69) is 0 Å². The zero-order valence-corrected chi connectivity index (χ0v) is 12.1. The van der Waals surface area contributed by atoms with Gasteiger partial charge in [-0.1, -0.05) is 11.6 Å². The summed E-state index contributed by atoms with van der Waals surface area (Å²) < 4.78 is 15.1. The van der Waals surface area contributed by atoms with Crippen molar-refractivity contribution < 1.29 is 24.1 Å². The molecule has 1 atom stereocenters. The van der Waals surface area contributed by atoms with Gasteiger partial charge in [0.1, 0.15) is 11.5 Å². The van der Waals surface area contributed by atoms with E-state index in [1.54, 1.807) is 13.8 Å². The van der Waals surface area contributed by atoms with Crippen molar-refractivity contribution in [1.82, 2.24) is 0 Å². The molecule has 0 bridgehead atoms. The van der Waals surface area contributed by atoms with Crippen molar-refractivity contribution in [1.29, 1.82) is 0 Å². The third-order valence-electron chi connectivity index (χ3n) is 2.66. The fraction of sp³-hybridized carbons (Fsp3) is 0.462. The minimum absolute atomic E-state index is 0.182. The highest BCUT2D eigenvalue weighted by molar-refractivity contribution is 6.32. The Balaban J connectivity index is 3.31. The van der Waals surface area contributed by atoms with Crippen LogP contribution in [0.3, 0.4) is 0 Å². The van der Waals surface area contributed by atoms with E-state index < -0.39 is 12.1 Å². The number of hydrogen-bond donors (Lipinski definition) is 1. The minimum atomic E-state index is -1.45. The maximum Gasteiger partial charge on any atom is 0.339 e. The van der Waals surface area contributed by atoms with Crippen molar-refractivity contribution in [2.75, 3.05) is 20.8 Å². The van der Waals surface area contributed by atoms with E-state index in [1.807, 2.05) is 0 Å². The van der Waals surface area contributed by atoms with Gasteiger partial charge in [0.15, 0.2) is 6.10 Å². The summed E-state index contributed by atoms with van der Waals surface area (Å²) in [7, 11) is 2.92. The van der Waals surface area contributed by atoms with Gasteiger partial charge < -0.3 is 19.3 Å². The summed E-state index contributed by atoms with van der Waals surface area (Å²) in [5.74, 6) is 0.0431. The second-order valence-electron chi connectivity index (χ2n) is 3.79. The van der Waals surface area contributed by atoms with E-state index in [4.69, 9.17) is 25.8 Å². The first kappa shape index (κ1) is 15.6. The quantitative estimate of drug-likeness (QED) is 0.842. The highest BCUT2D eigenvalue weighted by atomic mass is 35.5. The molecule has 1 aromatic rings. The van der Waals surface area contributed by atoms with E-state index in [9.17, 15) is 9.90 Å². The first-order valence-corrected chi connectivity index (χ1v) is 6.11. The first-order valence-electron chi connectivity index (χ1n) is 5.73. The van der Waals surface area contributed by atoms with Gasteiger partial charge in [0.2, 0.25) is 0 Å². The van der Waals surface area contributed by atoms with Gasteiger partial charge in [-0.2, -0.15) is 0 Å². The average molecular weight is 289 g/mol. The topological polar surface area (TPSA) is 65.0 Å². The number of aliphatic hydroxyl groups excluding tert-OH is 1. The van der Waals surface area contributed by atoms with Crippen LogP contribution < -0.4 is 9.47 Å². The Hall–Kier alpha value is -1.46. The predicted octanol–water partition coefficient (Wildman–Crippen LogP) is 2.26. The molecule has 1 aromatic carbocycles. The second kappa shape index (κ2) is 6.63. The molecule has 0 fully saturated rings. The van der Waals surface area contributed by atoms with Gasteiger partial charge in [0.05, 0.1) is 25.8 Å². The number of benzene rings is 1. The van der Waals surface area contributed by atoms with Crippen molar-refractivity contribution in [2.45, 2.75) is 20.0 Å². The Kier molecular flexibility index (Phi) is 5.44. The van der Waals surface area contributed by atoms with Gasteiger partial charge in [-0.25, -0.2) is 4.79 Å². The summed E-state index contributed by atoms with van der Waals surface area (Å²) in [6.45, 7) is 3.57. The predicted molar refractivity (Wildman–Crippen MR) is 70.9 cm³/mol. The van der Waals surface area contributed by atoms with Crippen molar-refractivity contribution in [3.63, 3.8) is 0 Å². The Morgan fingerprint density at radius 2 is 1.95 bits per heavy atom. The van der Waals surface area contributed by atoms with E-state index in [-0.39, 0.29) is 12.2 Å². The third-order valence-corrected chi connectivity index (χ3v) is 2.94. The molecule has 0 heterocycles. The molecule has 6 heteroatoms. The van der Waals surface area contributed by atoms with Crippen LogP contribution in [0.5, 0.6) is 11.5 Å². The third kappa shape index (κ3) is 3.11. The number of aliphatic hydroxyl groups is 1. The smallest absolute Gasteiger partial charge is 0.339 e. The van der Waals surface area contributed by atoms with Crippen LogP contribution in [0.2, 0.25) is 5.02 Å². The molecule has 0 radical (unpaired) electrons. The van der Waals surface area contributed by atoms with Gasteiger partial charge in [-0.15, -0.1) is 0 Å². The lowest BCUT2D eigenvalue weighted by Gasteiger charge is -2.18. The Labute approximate surface area is 117 Å². The van der Waals surface area contributed by atoms with Crippen LogP contribution in [0.25, 0.3) is 0 Å². The average Bonchev–Trinajstić information content (AvgIpc) is 2.38. The maximum absolute atomic E-state index is 11.6. The van der Waals surface area contributed by atoms with Crippen LogP contribution in [0.4, 0.5) is 0 Å². The molecule has 0 spiro atoms. The summed E-state index contributed by atoms with van der Waals surface area (Å²) in [5.41, 5.74) is 0.861.